The van der Waals surface area contributed by atoms with Gasteiger partial charge in [0, 0.05) is 11.6 Å². The van der Waals surface area contributed by atoms with E-state index in [9.17, 15) is 27.6 Å². The predicted molar refractivity (Wildman–Crippen MR) is 88.5 cm³/mol. The van der Waals surface area contributed by atoms with Crippen molar-refractivity contribution in [3.8, 4) is 0 Å². The van der Waals surface area contributed by atoms with E-state index in [1.807, 2.05) is 0 Å². The molecular weight excluding hydrogens is 365 g/mol. The van der Waals surface area contributed by atoms with Gasteiger partial charge in [0.1, 0.15) is 5.58 Å². The van der Waals surface area contributed by atoms with Crippen molar-refractivity contribution >= 4 is 22.7 Å². The molecular formula is C19H11F3O5. The van der Waals surface area contributed by atoms with Crippen LogP contribution < -0.4 is 5.43 Å². The number of fused-ring (bicyclic) bond motifs is 1. The summed E-state index contributed by atoms with van der Waals surface area (Å²) in [7, 11) is 0. The molecule has 0 aliphatic heterocycles. The minimum atomic E-state index is -4.60. The lowest BCUT2D eigenvalue weighted by molar-refractivity contribution is -0.137. The second-order valence-corrected chi connectivity index (χ2v) is 5.55. The van der Waals surface area contributed by atoms with E-state index in [0.717, 1.165) is 18.2 Å². The highest BCUT2D eigenvalue weighted by molar-refractivity contribution is 5.99. The van der Waals surface area contributed by atoms with Gasteiger partial charge in [-0.2, -0.15) is 13.2 Å². The number of ketones is 1. The Kier molecular flexibility index (Phi) is 4.81. The zero-order chi connectivity index (χ0) is 19.6. The van der Waals surface area contributed by atoms with Crippen LogP contribution in [0, 0.1) is 0 Å². The average Bonchev–Trinajstić information content (AvgIpc) is 2.65. The Labute approximate surface area is 150 Å². The van der Waals surface area contributed by atoms with Gasteiger partial charge in [-0.05, 0) is 24.3 Å². The third-order valence-electron chi connectivity index (χ3n) is 3.68. The van der Waals surface area contributed by atoms with Crippen LogP contribution in [0.25, 0.3) is 11.0 Å². The fourth-order valence-electron chi connectivity index (χ4n) is 2.36. The summed E-state index contributed by atoms with van der Waals surface area (Å²) >= 11 is 0. The van der Waals surface area contributed by atoms with E-state index in [1.54, 1.807) is 12.1 Å². The van der Waals surface area contributed by atoms with Crippen LogP contribution in [0.4, 0.5) is 13.2 Å². The first-order chi connectivity index (χ1) is 12.8. The van der Waals surface area contributed by atoms with Crippen molar-refractivity contribution < 1.29 is 31.9 Å². The second-order valence-electron chi connectivity index (χ2n) is 5.55. The molecule has 0 radical (unpaired) electrons. The van der Waals surface area contributed by atoms with Gasteiger partial charge in [-0.1, -0.05) is 24.3 Å². The quantitative estimate of drug-likeness (QED) is 0.511. The number of carbonyl (C=O) groups excluding carboxylic acids is 2. The number of carbonyl (C=O) groups is 2. The Morgan fingerprint density at radius 3 is 2.48 bits per heavy atom. The van der Waals surface area contributed by atoms with Crippen LogP contribution in [-0.4, -0.2) is 18.4 Å². The first-order valence-corrected chi connectivity index (χ1v) is 7.66. The largest absolute Gasteiger partial charge is 0.451 e. The number of hydrogen-bond donors (Lipinski definition) is 0. The Morgan fingerprint density at radius 1 is 1.00 bits per heavy atom. The second kappa shape index (κ2) is 7.06. The van der Waals surface area contributed by atoms with E-state index < -0.39 is 41.3 Å². The molecule has 0 saturated heterocycles. The zero-order valence-corrected chi connectivity index (χ0v) is 13.6. The van der Waals surface area contributed by atoms with E-state index in [0.29, 0.717) is 6.07 Å². The van der Waals surface area contributed by atoms with Gasteiger partial charge in [-0.25, -0.2) is 4.79 Å². The number of hydrogen-bond acceptors (Lipinski definition) is 5. The van der Waals surface area contributed by atoms with Crippen molar-refractivity contribution in [2.75, 3.05) is 6.61 Å². The van der Waals surface area contributed by atoms with Crippen LogP contribution in [-0.2, 0) is 10.9 Å². The maximum absolute atomic E-state index is 12.7. The monoisotopic (exact) mass is 376 g/mol. The van der Waals surface area contributed by atoms with Gasteiger partial charge >= 0.3 is 12.1 Å². The number of esters is 1. The number of para-hydroxylation sites is 1. The van der Waals surface area contributed by atoms with Crippen LogP contribution in [0.3, 0.4) is 0 Å². The molecule has 0 saturated carbocycles. The van der Waals surface area contributed by atoms with Crippen molar-refractivity contribution in [1.29, 1.82) is 0 Å². The summed E-state index contributed by atoms with van der Waals surface area (Å²) in [6, 6.07) is 10.9. The van der Waals surface area contributed by atoms with Gasteiger partial charge in [-0.3, -0.25) is 9.59 Å². The smallest absolute Gasteiger partial charge is 0.416 e. The Hall–Kier alpha value is -3.42. The summed E-state index contributed by atoms with van der Waals surface area (Å²) in [5.41, 5.74) is -1.54. The number of rotatable bonds is 4. The summed E-state index contributed by atoms with van der Waals surface area (Å²) in [5.74, 6) is -2.30. The SMILES string of the molecule is O=C(COC(=O)c1cc(=O)c2ccccc2o1)c1cccc(C(F)(F)F)c1. The van der Waals surface area contributed by atoms with Crippen molar-refractivity contribution in [2.24, 2.45) is 0 Å². The van der Waals surface area contributed by atoms with Gasteiger partial charge in [0.25, 0.3) is 0 Å². The number of alkyl halides is 3. The number of Topliss-reactive ketones (excluding diaryl/α,β-unsaturated/α-hetero) is 1. The van der Waals surface area contributed by atoms with Crippen LogP contribution in [0.2, 0.25) is 0 Å². The lowest BCUT2D eigenvalue weighted by Crippen LogP contribution is -2.16. The molecule has 0 N–H and O–H groups in total. The maximum atomic E-state index is 12.7. The van der Waals surface area contributed by atoms with Gasteiger partial charge in [0.2, 0.25) is 5.76 Å². The molecule has 0 spiro atoms. The molecule has 0 unspecified atom stereocenters. The molecule has 27 heavy (non-hydrogen) atoms. The van der Waals surface area contributed by atoms with E-state index in [2.05, 4.69) is 0 Å². The van der Waals surface area contributed by atoms with Gasteiger partial charge in [-0.15, -0.1) is 0 Å². The van der Waals surface area contributed by atoms with Crippen LogP contribution in [0.15, 0.2) is 63.8 Å². The molecule has 0 atom stereocenters. The molecule has 138 valence electrons. The minimum absolute atomic E-state index is 0.168. The van der Waals surface area contributed by atoms with Crippen molar-refractivity contribution in [3.05, 3.63) is 81.7 Å². The molecule has 0 aliphatic carbocycles. The fraction of sp³-hybridized carbons (Fsp3) is 0.105. The highest BCUT2D eigenvalue weighted by Crippen LogP contribution is 2.29. The maximum Gasteiger partial charge on any atom is 0.416 e. The predicted octanol–water partition coefficient (Wildman–Crippen LogP) is 3.85. The van der Waals surface area contributed by atoms with E-state index in [4.69, 9.17) is 9.15 Å². The first kappa shape index (κ1) is 18.4. The van der Waals surface area contributed by atoms with Crippen molar-refractivity contribution in [2.45, 2.75) is 6.18 Å². The summed E-state index contributed by atoms with van der Waals surface area (Å²) in [6.45, 7) is -0.795. The third-order valence-corrected chi connectivity index (χ3v) is 3.68. The minimum Gasteiger partial charge on any atom is -0.451 e. The number of ether oxygens (including phenoxy) is 1. The van der Waals surface area contributed by atoms with E-state index in [1.165, 1.54) is 18.2 Å². The summed E-state index contributed by atoms with van der Waals surface area (Å²) in [6.07, 6.45) is -4.60. The molecule has 0 fully saturated rings. The number of halogens is 3. The normalized spacial score (nSPS) is 11.4. The molecule has 3 aromatic rings. The molecule has 5 nitrogen and oxygen atoms in total. The summed E-state index contributed by atoms with van der Waals surface area (Å²) in [5, 5.41) is 0.272. The molecule has 0 aliphatic rings. The number of benzene rings is 2. The average molecular weight is 376 g/mol. The summed E-state index contributed by atoms with van der Waals surface area (Å²) in [4.78, 5) is 36.0. The van der Waals surface area contributed by atoms with Gasteiger partial charge < -0.3 is 9.15 Å². The Balaban J connectivity index is 1.74. The van der Waals surface area contributed by atoms with Crippen molar-refractivity contribution in [3.63, 3.8) is 0 Å². The molecule has 8 heteroatoms. The summed E-state index contributed by atoms with van der Waals surface area (Å²) < 4.78 is 48.1. The molecule has 1 heterocycles. The molecule has 2 aromatic carbocycles. The third kappa shape index (κ3) is 4.05. The highest BCUT2D eigenvalue weighted by Gasteiger charge is 2.31. The van der Waals surface area contributed by atoms with Gasteiger partial charge in [0.15, 0.2) is 17.8 Å². The Bertz CT molecular complexity index is 1080. The molecule has 0 amide bonds. The van der Waals surface area contributed by atoms with Crippen LogP contribution in [0.5, 0.6) is 0 Å². The van der Waals surface area contributed by atoms with Crippen LogP contribution >= 0.6 is 0 Å². The van der Waals surface area contributed by atoms with E-state index >= 15 is 0 Å². The molecule has 1 aromatic heterocycles. The fourth-order valence-corrected chi connectivity index (χ4v) is 2.36. The highest BCUT2D eigenvalue weighted by atomic mass is 19.4. The van der Waals surface area contributed by atoms with Gasteiger partial charge in [0.05, 0.1) is 10.9 Å². The topological polar surface area (TPSA) is 73.6 Å². The Morgan fingerprint density at radius 2 is 1.74 bits per heavy atom. The van der Waals surface area contributed by atoms with Crippen LogP contribution in [0.1, 0.15) is 26.5 Å². The lowest BCUT2D eigenvalue weighted by atomic mass is 10.1. The van der Waals surface area contributed by atoms with Crippen molar-refractivity contribution in [1.82, 2.24) is 0 Å². The molecule has 3 rings (SSSR count). The standard InChI is InChI=1S/C19H11F3O5/c20-19(21,22)12-5-3-4-11(8-12)15(24)10-26-18(25)17-9-14(23)13-6-1-2-7-16(13)27-17/h1-9H,10H2. The first-order valence-electron chi connectivity index (χ1n) is 7.66. The van der Waals surface area contributed by atoms with E-state index in [-0.39, 0.29) is 16.5 Å². The lowest BCUT2D eigenvalue weighted by Gasteiger charge is -2.08. The molecule has 0 bridgehead atoms. The zero-order valence-electron chi connectivity index (χ0n) is 13.6.